The number of rotatable bonds is 3. The minimum atomic E-state index is -0.363. The maximum absolute atomic E-state index is 13.2. The number of thiocarbonyl (C=S) groups is 1. The maximum atomic E-state index is 13.2. The minimum Gasteiger partial charge on any atom is -0.389 e. The van der Waals surface area contributed by atoms with Gasteiger partial charge in [0.15, 0.2) is 0 Å². The van der Waals surface area contributed by atoms with E-state index in [0.717, 1.165) is 12.1 Å². The van der Waals surface area contributed by atoms with Crippen LogP contribution in [0.1, 0.15) is 11.1 Å². The van der Waals surface area contributed by atoms with E-state index in [1.807, 2.05) is 4.90 Å². The second kappa shape index (κ2) is 5.41. The zero-order valence-electron chi connectivity index (χ0n) is 9.78. The second-order valence-corrected chi connectivity index (χ2v) is 4.67. The fraction of sp³-hybridized carbons (Fsp3) is 0.333. The molecule has 4 nitrogen and oxygen atoms in total. The molecule has 1 aromatic carbocycles. The highest BCUT2D eigenvalue weighted by molar-refractivity contribution is 7.80. The highest BCUT2D eigenvalue weighted by Crippen LogP contribution is 2.14. The summed E-state index contributed by atoms with van der Waals surface area (Å²) < 4.78 is 13.2. The molecule has 1 fully saturated rings. The number of nitrogens with two attached hydrogens (primary N) is 1. The van der Waals surface area contributed by atoms with Gasteiger partial charge in [0.25, 0.3) is 0 Å². The van der Waals surface area contributed by atoms with Gasteiger partial charge in [-0.2, -0.15) is 0 Å². The highest BCUT2D eigenvalue weighted by atomic mass is 32.1. The standard InChI is InChI=1S/C12H14FN3OS/c13-9-2-1-8(10(5-9)12(14)18)6-16-4-3-15-11(17)7-16/h1-2,5H,3-4,6-7H2,(H2,14,18)(H,15,17). The summed E-state index contributed by atoms with van der Waals surface area (Å²) in [5, 5.41) is 2.75. The first-order valence-electron chi connectivity index (χ1n) is 5.63. The zero-order chi connectivity index (χ0) is 13.1. The van der Waals surface area contributed by atoms with Crippen molar-refractivity contribution in [3.05, 3.63) is 35.1 Å². The van der Waals surface area contributed by atoms with Crippen LogP contribution in [-0.2, 0) is 11.3 Å². The predicted molar refractivity (Wildman–Crippen MR) is 70.6 cm³/mol. The SMILES string of the molecule is NC(=S)c1cc(F)ccc1CN1CCNC(=O)C1. The molecule has 96 valence electrons. The van der Waals surface area contributed by atoms with Crippen molar-refractivity contribution >= 4 is 23.1 Å². The summed E-state index contributed by atoms with van der Waals surface area (Å²) in [6.07, 6.45) is 0. The van der Waals surface area contributed by atoms with Crippen LogP contribution in [0.25, 0.3) is 0 Å². The van der Waals surface area contributed by atoms with Gasteiger partial charge in [-0.3, -0.25) is 9.69 Å². The molecule has 0 saturated carbocycles. The van der Waals surface area contributed by atoms with E-state index in [0.29, 0.717) is 25.2 Å². The molecule has 0 atom stereocenters. The number of carbonyl (C=O) groups is 1. The Labute approximate surface area is 110 Å². The molecular weight excluding hydrogens is 253 g/mol. The van der Waals surface area contributed by atoms with E-state index in [9.17, 15) is 9.18 Å². The Bertz CT molecular complexity index is 492. The first-order chi connectivity index (χ1) is 8.56. The number of halogens is 1. The van der Waals surface area contributed by atoms with Crippen LogP contribution in [0.15, 0.2) is 18.2 Å². The average Bonchev–Trinajstić information content (AvgIpc) is 2.31. The van der Waals surface area contributed by atoms with Crippen molar-refractivity contribution in [3.63, 3.8) is 0 Å². The van der Waals surface area contributed by atoms with Gasteiger partial charge in [-0.1, -0.05) is 18.3 Å². The Balaban J connectivity index is 2.17. The molecule has 1 saturated heterocycles. The van der Waals surface area contributed by atoms with Crippen molar-refractivity contribution in [1.82, 2.24) is 10.2 Å². The fourth-order valence-electron chi connectivity index (χ4n) is 1.98. The van der Waals surface area contributed by atoms with Gasteiger partial charge < -0.3 is 11.1 Å². The van der Waals surface area contributed by atoms with Gasteiger partial charge in [0.1, 0.15) is 10.8 Å². The number of carbonyl (C=O) groups excluding carboxylic acids is 1. The molecule has 1 amide bonds. The summed E-state index contributed by atoms with van der Waals surface area (Å²) in [4.78, 5) is 13.4. The summed E-state index contributed by atoms with van der Waals surface area (Å²) in [5.74, 6) is -0.363. The Morgan fingerprint density at radius 2 is 2.33 bits per heavy atom. The number of benzene rings is 1. The van der Waals surface area contributed by atoms with Gasteiger partial charge in [-0.15, -0.1) is 0 Å². The van der Waals surface area contributed by atoms with Crippen LogP contribution in [0.4, 0.5) is 4.39 Å². The molecule has 0 unspecified atom stereocenters. The van der Waals surface area contributed by atoms with E-state index < -0.39 is 0 Å². The summed E-state index contributed by atoms with van der Waals surface area (Å²) in [6.45, 7) is 2.27. The molecule has 3 N–H and O–H groups in total. The van der Waals surface area contributed by atoms with Crippen LogP contribution in [0, 0.1) is 5.82 Å². The topological polar surface area (TPSA) is 58.4 Å². The lowest BCUT2D eigenvalue weighted by Crippen LogP contribution is -2.47. The molecular formula is C12H14FN3OS. The van der Waals surface area contributed by atoms with Gasteiger partial charge in [-0.05, 0) is 17.7 Å². The van der Waals surface area contributed by atoms with Gasteiger partial charge >= 0.3 is 0 Å². The van der Waals surface area contributed by atoms with Crippen LogP contribution < -0.4 is 11.1 Å². The molecule has 0 aliphatic carbocycles. The average molecular weight is 267 g/mol. The number of hydrogen-bond donors (Lipinski definition) is 2. The third-order valence-corrected chi connectivity index (χ3v) is 3.07. The van der Waals surface area contributed by atoms with E-state index in [4.69, 9.17) is 18.0 Å². The molecule has 2 rings (SSSR count). The summed E-state index contributed by atoms with van der Waals surface area (Å²) in [7, 11) is 0. The maximum Gasteiger partial charge on any atom is 0.234 e. The molecule has 1 aliphatic heterocycles. The van der Waals surface area contributed by atoms with Crippen molar-refractivity contribution in [1.29, 1.82) is 0 Å². The number of amides is 1. The van der Waals surface area contributed by atoms with Crippen LogP contribution >= 0.6 is 12.2 Å². The van der Waals surface area contributed by atoms with Crippen molar-refractivity contribution < 1.29 is 9.18 Å². The molecule has 1 heterocycles. The first-order valence-corrected chi connectivity index (χ1v) is 6.04. The van der Waals surface area contributed by atoms with E-state index >= 15 is 0 Å². The lowest BCUT2D eigenvalue weighted by Gasteiger charge is -2.27. The molecule has 0 aromatic heterocycles. The van der Waals surface area contributed by atoms with E-state index in [2.05, 4.69) is 5.32 Å². The molecule has 1 aliphatic rings. The normalized spacial score (nSPS) is 16.4. The Morgan fingerprint density at radius 3 is 3.00 bits per heavy atom. The van der Waals surface area contributed by atoms with E-state index in [1.54, 1.807) is 6.07 Å². The number of nitrogens with zero attached hydrogens (tertiary/aromatic N) is 1. The molecule has 0 spiro atoms. The van der Waals surface area contributed by atoms with Crippen LogP contribution in [0.2, 0.25) is 0 Å². The minimum absolute atomic E-state index is 0.000219. The smallest absolute Gasteiger partial charge is 0.234 e. The molecule has 18 heavy (non-hydrogen) atoms. The Morgan fingerprint density at radius 1 is 1.56 bits per heavy atom. The van der Waals surface area contributed by atoms with E-state index in [-0.39, 0.29) is 16.7 Å². The quantitative estimate of drug-likeness (QED) is 0.778. The van der Waals surface area contributed by atoms with Gasteiger partial charge in [0.05, 0.1) is 6.54 Å². The predicted octanol–water partition coefficient (Wildman–Crippen LogP) is 0.392. The lowest BCUT2D eigenvalue weighted by atomic mass is 10.1. The third kappa shape index (κ3) is 3.02. The third-order valence-electron chi connectivity index (χ3n) is 2.85. The monoisotopic (exact) mass is 267 g/mol. The van der Waals surface area contributed by atoms with Crippen molar-refractivity contribution in [2.75, 3.05) is 19.6 Å². The van der Waals surface area contributed by atoms with Gasteiger partial charge in [-0.25, -0.2) is 4.39 Å². The van der Waals surface area contributed by atoms with Crippen LogP contribution in [-0.4, -0.2) is 35.4 Å². The Kier molecular flexibility index (Phi) is 3.88. The molecule has 1 aromatic rings. The lowest BCUT2D eigenvalue weighted by molar-refractivity contribution is -0.124. The molecule has 6 heteroatoms. The number of hydrogen-bond acceptors (Lipinski definition) is 3. The fourth-order valence-corrected chi connectivity index (χ4v) is 2.17. The van der Waals surface area contributed by atoms with Crippen molar-refractivity contribution in [2.45, 2.75) is 6.54 Å². The van der Waals surface area contributed by atoms with Crippen LogP contribution in [0.5, 0.6) is 0 Å². The van der Waals surface area contributed by atoms with Crippen LogP contribution in [0.3, 0.4) is 0 Å². The summed E-state index contributed by atoms with van der Waals surface area (Å²) in [5.41, 5.74) is 6.97. The number of nitrogens with one attached hydrogen (secondary N) is 1. The van der Waals surface area contributed by atoms with Crippen molar-refractivity contribution in [3.8, 4) is 0 Å². The zero-order valence-corrected chi connectivity index (χ0v) is 10.6. The van der Waals surface area contributed by atoms with Gasteiger partial charge in [0, 0.05) is 25.2 Å². The summed E-state index contributed by atoms with van der Waals surface area (Å²) in [6, 6.07) is 4.37. The highest BCUT2D eigenvalue weighted by Gasteiger charge is 2.18. The largest absolute Gasteiger partial charge is 0.389 e. The number of piperazine rings is 1. The van der Waals surface area contributed by atoms with E-state index in [1.165, 1.54) is 12.1 Å². The Hall–Kier alpha value is -1.53. The molecule has 0 radical (unpaired) electrons. The second-order valence-electron chi connectivity index (χ2n) is 4.23. The summed E-state index contributed by atoms with van der Waals surface area (Å²) >= 11 is 4.91. The van der Waals surface area contributed by atoms with Crippen molar-refractivity contribution in [2.24, 2.45) is 5.73 Å². The molecule has 0 bridgehead atoms. The first kappa shape index (κ1) is 12.9. The van der Waals surface area contributed by atoms with Gasteiger partial charge in [0.2, 0.25) is 5.91 Å².